The van der Waals surface area contributed by atoms with Crippen LogP contribution in [-0.4, -0.2) is 42.7 Å². The third kappa shape index (κ3) is 5.17. The summed E-state index contributed by atoms with van der Waals surface area (Å²) >= 11 is 1.49. The fraction of sp³-hybridized carbons (Fsp3) is 0.318. The first-order chi connectivity index (χ1) is 14.0. The quantitative estimate of drug-likeness (QED) is 0.485. The summed E-state index contributed by atoms with van der Waals surface area (Å²) in [7, 11) is 0. The number of amides is 1. The lowest BCUT2D eigenvalue weighted by atomic mass is 10.1. The first-order valence-electron chi connectivity index (χ1n) is 9.48. The summed E-state index contributed by atoms with van der Waals surface area (Å²) in [5, 5.41) is 0. The van der Waals surface area contributed by atoms with Crippen LogP contribution in [0.1, 0.15) is 30.6 Å². The second-order valence-corrected chi connectivity index (χ2v) is 7.52. The normalized spacial score (nSPS) is 14.1. The van der Waals surface area contributed by atoms with Gasteiger partial charge in [-0.3, -0.25) is 14.4 Å². The molecule has 0 unspecified atom stereocenters. The van der Waals surface area contributed by atoms with Gasteiger partial charge in [0, 0.05) is 17.0 Å². The smallest absolute Gasteiger partial charge is 0.308 e. The van der Waals surface area contributed by atoms with Crippen molar-refractivity contribution in [3.63, 3.8) is 0 Å². The molecule has 3 rings (SSSR count). The van der Waals surface area contributed by atoms with E-state index in [1.165, 1.54) is 11.8 Å². The summed E-state index contributed by atoms with van der Waals surface area (Å²) in [6.45, 7) is 4.20. The number of hydrogen-bond donors (Lipinski definition) is 0. The fourth-order valence-electron chi connectivity index (χ4n) is 3.03. The maximum atomic E-state index is 12.5. The van der Waals surface area contributed by atoms with Gasteiger partial charge in [-0.1, -0.05) is 12.1 Å². The molecule has 0 aromatic heterocycles. The standard InChI is InChI=1S/C22H23NO5S/c1-3-27-17-10-8-16(9-11-17)22(26)15(2)28-21(25)12-13-23-18-6-4-5-7-19(18)29-14-20(23)24/h4-11,15H,3,12-14H2,1-2H3/t15-/m0/s1. The van der Waals surface area contributed by atoms with Crippen molar-refractivity contribution >= 4 is 35.1 Å². The van der Waals surface area contributed by atoms with Crippen LogP contribution in [0.5, 0.6) is 5.75 Å². The van der Waals surface area contributed by atoms with E-state index in [9.17, 15) is 14.4 Å². The number of hydrogen-bond acceptors (Lipinski definition) is 6. The molecule has 0 radical (unpaired) electrons. The van der Waals surface area contributed by atoms with Crippen molar-refractivity contribution in [2.75, 3.05) is 23.8 Å². The predicted octanol–water partition coefficient (Wildman–Crippen LogP) is 3.73. The Morgan fingerprint density at radius 3 is 2.59 bits per heavy atom. The molecule has 6 nitrogen and oxygen atoms in total. The molecular formula is C22H23NO5S. The molecule has 1 amide bonds. The third-order valence-electron chi connectivity index (χ3n) is 4.48. The summed E-state index contributed by atoms with van der Waals surface area (Å²) in [5.41, 5.74) is 1.26. The molecule has 1 atom stereocenters. The number of anilines is 1. The van der Waals surface area contributed by atoms with E-state index in [-0.39, 0.29) is 24.7 Å². The van der Waals surface area contributed by atoms with Gasteiger partial charge < -0.3 is 14.4 Å². The van der Waals surface area contributed by atoms with E-state index in [0.29, 0.717) is 23.7 Å². The number of nitrogens with zero attached hydrogens (tertiary/aromatic N) is 1. The summed E-state index contributed by atoms with van der Waals surface area (Å²) in [5.74, 6) is 0.189. The van der Waals surface area contributed by atoms with E-state index in [1.807, 2.05) is 31.2 Å². The van der Waals surface area contributed by atoms with Gasteiger partial charge in [-0.2, -0.15) is 0 Å². The number of thioether (sulfide) groups is 1. The molecule has 0 fully saturated rings. The van der Waals surface area contributed by atoms with E-state index in [4.69, 9.17) is 9.47 Å². The summed E-state index contributed by atoms with van der Waals surface area (Å²) in [4.78, 5) is 39.6. The molecule has 1 aliphatic heterocycles. The number of Topliss-reactive ketones (excluding diaryl/α,β-unsaturated/α-hetero) is 1. The zero-order valence-corrected chi connectivity index (χ0v) is 17.2. The summed E-state index contributed by atoms with van der Waals surface area (Å²) in [6, 6.07) is 14.3. The van der Waals surface area contributed by atoms with Crippen molar-refractivity contribution in [1.29, 1.82) is 0 Å². The first-order valence-corrected chi connectivity index (χ1v) is 10.5. The third-order valence-corrected chi connectivity index (χ3v) is 5.52. The number of rotatable bonds is 8. The molecule has 29 heavy (non-hydrogen) atoms. The van der Waals surface area contributed by atoms with Crippen LogP contribution in [0.3, 0.4) is 0 Å². The minimum Gasteiger partial charge on any atom is -0.494 e. The highest BCUT2D eigenvalue weighted by molar-refractivity contribution is 8.00. The molecule has 2 aromatic carbocycles. The Morgan fingerprint density at radius 1 is 1.14 bits per heavy atom. The van der Waals surface area contributed by atoms with Gasteiger partial charge in [0.2, 0.25) is 11.7 Å². The van der Waals surface area contributed by atoms with Crippen LogP contribution in [0.25, 0.3) is 0 Å². The molecule has 0 aliphatic carbocycles. The molecule has 0 N–H and O–H groups in total. The van der Waals surface area contributed by atoms with Crippen LogP contribution >= 0.6 is 11.8 Å². The van der Waals surface area contributed by atoms with Crippen LogP contribution in [0.15, 0.2) is 53.4 Å². The number of carbonyl (C=O) groups is 3. The average molecular weight is 413 g/mol. The van der Waals surface area contributed by atoms with E-state index >= 15 is 0 Å². The molecule has 0 bridgehead atoms. The summed E-state index contributed by atoms with van der Waals surface area (Å²) in [6.07, 6.45) is -0.883. The average Bonchev–Trinajstić information content (AvgIpc) is 2.73. The van der Waals surface area contributed by atoms with Crippen LogP contribution < -0.4 is 9.64 Å². The minimum absolute atomic E-state index is 0.0195. The number of carbonyl (C=O) groups excluding carboxylic acids is 3. The Hall–Kier alpha value is -2.80. The Kier molecular flexibility index (Phi) is 6.93. The summed E-state index contributed by atoms with van der Waals surface area (Å²) < 4.78 is 10.7. The zero-order chi connectivity index (χ0) is 20.8. The SMILES string of the molecule is CCOc1ccc(C(=O)[C@H](C)OC(=O)CCN2C(=O)CSc3ccccc32)cc1. The van der Waals surface area contributed by atoms with Crippen molar-refractivity contribution in [1.82, 2.24) is 0 Å². The molecular weight excluding hydrogens is 390 g/mol. The molecule has 2 aromatic rings. The van der Waals surface area contributed by atoms with Crippen LogP contribution in [-0.2, 0) is 14.3 Å². The highest BCUT2D eigenvalue weighted by Crippen LogP contribution is 2.34. The van der Waals surface area contributed by atoms with Crippen molar-refractivity contribution in [3.05, 3.63) is 54.1 Å². The second-order valence-electron chi connectivity index (χ2n) is 6.51. The van der Waals surface area contributed by atoms with Crippen molar-refractivity contribution in [2.45, 2.75) is 31.3 Å². The van der Waals surface area contributed by atoms with Crippen molar-refractivity contribution in [2.24, 2.45) is 0 Å². The first kappa shape index (κ1) is 20.9. The van der Waals surface area contributed by atoms with Gasteiger partial charge in [0.05, 0.1) is 24.5 Å². The number of benzene rings is 2. The van der Waals surface area contributed by atoms with Crippen LogP contribution in [0, 0.1) is 0 Å². The van der Waals surface area contributed by atoms with Gasteiger partial charge in [0.15, 0.2) is 6.10 Å². The van der Waals surface area contributed by atoms with Gasteiger partial charge >= 0.3 is 5.97 Å². The number of ether oxygens (including phenoxy) is 2. The zero-order valence-electron chi connectivity index (χ0n) is 16.4. The van der Waals surface area contributed by atoms with Gasteiger partial charge in [0.25, 0.3) is 0 Å². The highest BCUT2D eigenvalue weighted by atomic mass is 32.2. The van der Waals surface area contributed by atoms with E-state index in [0.717, 1.165) is 10.6 Å². The monoisotopic (exact) mass is 413 g/mol. The lowest BCUT2D eigenvalue weighted by Gasteiger charge is -2.28. The van der Waals surface area contributed by atoms with Crippen molar-refractivity contribution in [3.8, 4) is 5.75 Å². The van der Waals surface area contributed by atoms with Gasteiger partial charge in [-0.15, -0.1) is 11.8 Å². The molecule has 1 heterocycles. The highest BCUT2D eigenvalue weighted by Gasteiger charge is 2.26. The molecule has 0 saturated heterocycles. The molecule has 0 spiro atoms. The van der Waals surface area contributed by atoms with Gasteiger partial charge in [-0.25, -0.2) is 0 Å². The lowest BCUT2D eigenvalue weighted by molar-refractivity contribution is -0.146. The number of ketones is 1. The van der Waals surface area contributed by atoms with Gasteiger partial charge in [0.1, 0.15) is 5.75 Å². The molecule has 152 valence electrons. The van der Waals surface area contributed by atoms with E-state index in [1.54, 1.807) is 36.1 Å². The number of fused-ring (bicyclic) bond motifs is 1. The molecule has 7 heteroatoms. The largest absolute Gasteiger partial charge is 0.494 e. The van der Waals surface area contributed by atoms with Crippen molar-refractivity contribution < 1.29 is 23.9 Å². The van der Waals surface area contributed by atoms with E-state index in [2.05, 4.69) is 0 Å². The Labute approximate surface area is 174 Å². The minimum atomic E-state index is -0.902. The second kappa shape index (κ2) is 9.60. The van der Waals surface area contributed by atoms with Crippen LogP contribution in [0.4, 0.5) is 5.69 Å². The van der Waals surface area contributed by atoms with Crippen LogP contribution in [0.2, 0.25) is 0 Å². The maximum Gasteiger partial charge on any atom is 0.308 e. The Balaban J connectivity index is 1.55. The predicted molar refractivity (Wildman–Crippen MR) is 112 cm³/mol. The topological polar surface area (TPSA) is 72.9 Å². The maximum absolute atomic E-state index is 12.5. The fourth-order valence-corrected chi connectivity index (χ4v) is 3.96. The van der Waals surface area contributed by atoms with Gasteiger partial charge in [-0.05, 0) is 50.2 Å². The Morgan fingerprint density at radius 2 is 1.86 bits per heavy atom. The Bertz CT molecular complexity index is 896. The number of para-hydroxylation sites is 1. The van der Waals surface area contributed by atoms with E-state index < -0.39 is 12.1 Å². The number of esters is 1. The lowest BCUT2D eigenvalue weighted by Crippen LogP contribution is -2.37. The molecule has 1 aliphatic rings. The molecule has 0 saturated carbocycles.